The van der Waals surface area contributed by atoms with Crippen LogP contribution in [0.4, 0.5) is 4.39 Å². The minimum atomic E-state index is -0.301. The molecule has 1 aromatic heterocycles. The molecule has 5 aromatic rings. The van der Waals surface area contributed by atoms with E-state index in [1.807, 2.05) is 37.3 Å². The number of carbonyl (C=O) groups excluding carboxylic acids is 1. The first-order chi connectivity index (χ1) is 17.8. The molecule has 1 atom stereocenters. The highest BCUT2D eigenvalue weighted by atomic mass is 19.1. The smallest absolute Gasteiger partial charge is 0.251 e. The summed E-state index contributed by atoms with van der Waals surface area (Å²) < 4.78 is 16.3. The van der Waals surface area contributed by atoms with Gasteiger partial charge in [0.25, 0.3) is 5.91 Å². The van der Waals surface area contributed by atoms with Crippen molar-refractivity contribution in [2.75, 3.05) is 0 Å². The van der Waals surface area contributed by atoms with Gasteiger partial charge in [-0.2, -0.15) is 0 Å². The van der Waals surface area contributed by atoms with Crippen LogP contribution in [-0.4, -0.2) is 10.5 Å². The van der Waals surface area contributed by atoms with Crippen LogP contribution < -0.4 is 5.32 Å². The van der Waals surface area contributed by atoms with Crippen LogP contribution in [0.3, 0.4) is 0 Å². The van der Waals surface area contributed by atoms with Gasteiger partial charge in [0.15, 0.2) is 0 Å². The van der Waals surface area contributed by atoms with Gasteiger partial charge in [-0.25, -0.2) is 4.39 Å². The zero-order valence-electron chi connectivity index (χ0n) is 21.7. The highest BCUT2D eigenvalue weighted by Gasteiger charge is 2.17. The number of amides is 1. The second-order valence-corrected chi connectivity index (χ2v) is 9.80. The molecule has 0 aliphatic carbocycles. The molecule has 5 rings (SSSR count). The number of nitrogens with zero attached hydrogens (tertiary/aromatic N) is 1. The second-order valence-electron chi connectivity index (χ2n) is 9.80. The summed E-state index contributed by atoms with van der Waals surface area (Å²) in [6, 6.07) is 29.7. The molecule has 186 valence electrons. The summed E-state index contributed by atoms with van der Waals surface area (Å²) in [6.07, 6.45) is 0. The molecular weight excluding hydrogens is 459 g/mol. The standard InChI is InChI=1S/C33H31FN2O/c1-21-10-13-28(19-31(21)34)23(3)35-33(37)29-16-17-32-30(18-29)22(2)24(4)36(32)20-25-11-14-27(15-12-25)26-8-6-5-7-9-26/h5-19,23H,20H2,1-4H3,(H,35,37)/t23-/m0/s1. The van der Waals surface area contributed by atoms with Gasteiger partial charge in [0.05, 0.1) is 6.04 Å². The summed E-state index contributed by atoms with van der Waals surface area (Å²) in [5, 5.41) is 4.08. The minimum Gasteiger partial charge on any atom is -0.346 e. The average Bonchev–Trinajstić information content (AvgIpc) is 3.15. The van der Waals surface area contributed by atoms with Gasteiger partial charge in [-0.05, 0) is 85.3 Å². The summed E-state index contributed by atoms with van der Waals surface area (Å²) >= 11 is 0. The molecule has 0 aliphatic rings. The third kappa shape index (κ3) is 4.92. The molecule has 37 heavy (non-hydrogen) atoms. The molecule has 0 saturated heterocycles. The summed E-state index contributed by atoms with van der Waals surface area (Å²) in [6.45, 7) is 8.59. The zero-order valence-corrected chi connectivity index (χ0v) is 21.7. The Kier molecular flexibility index (Phi) is 6.66. The predicted octanol–water partition coefficient (Wildman–Crippen LogP) is 7.91. The largest absolute Gasteiger partial charge is 0.346 e. The number of aryl methyl sites for hydroxylation is 2. The SMILES string of the molecule is Cc1ccc([C@H](C)NC(=O)c2ccc3c(c2)c(C)c(C)n3Cc2ccc(-c3ccccc3)cc2)cc1F. The van der Waals surface area contributed by atoms with Crippen LogP contribution in [0.1, 0.15) is 51.3 Å². The van der Waals surface area contributed by atoms with Crippen molar-refractivity contribution in [2.45, 2.75) is 40.3 Å². The van der Waals surface area contributed by atoms with Crippen LogP contribution in [-0.2, 0) is 6.54 Å². The number of hydrogen-bond acceptors (Lipinski definition) is 1. The van der Waals surface area contributed by atoms with E-state index in [9.17, 15) is 9.18 Å². The van der Waals surface area contributed by atoms with Crippen molar-refractivity contribution in [3.05, 3.63) is 130 Å². The van der Waals surface area contributed by atoms with Gasteiger partial charge >= 0.3 is 0 Å². The number of halogens is 1. The van der Waals surface area contributed by atoms with Crippen molar-refractivity contribution in [1.29, 1.82) is 0 Å². The monoisotopic (exact) mass is 490 g/mol. The molecular formula is C33H31FN2O. The number of hydrogen-bond donors (Lipinski definition) is 1. The van der Waals surface area contributed by atoms with Crippen molar-refractivity contribution in [1.82, 2.24) is 9.88 Å². The van der Waals surface area contributed by atoms with E-state index in [0.717, 1.165) is 23.0 Å². The number of carbonyl (C=O) groups is 1. The number of benzene rings is 4. The lowest BCUT2D eigenvalue weighted by molar-refractivity contribution is 0.0940. The molecule has 1 amide bonds. The highest BCUT2D eigenvalue weighted by Crippen LogP contribution is 2.28. The van der Waals surface area contributed by atoms with Gasteiger partial charge < -0.3 is 9.88 Å². The van der Waals surface area contributed by atoms with Crippen LogP contribution in [0.25, 0.3) is 22.0 Å². The van der Waals surface area contributed by atoms with Gasteiger partial charge in [-0.1, -0.05) is 66.7 Å². The Morgan fingerprint density at radius 2 is 1.57 bits per heavy atom. The number of nitrogens with one attached hydrogen (secondary N) is 1. The fourth-order valence-electron chi connectivity index (χ4n) is 4.85. The van der Waals surface area contributed by atoms with E-state index in [1.165, 1.54) is 34.0 Å². The fraction of sp³-hybridized carbons (Fsp3) is 0.182. The normalized spacial score (nSPS) is 12.0. The first kappa shape index (κ1) is 24.5. The quantitative estimate of drug-likeness (QED) is 0.258. The molecule has 4 aromatic carbocycles. The summed E-state index contributed by atoms with van der Waals surface area (Å²) in [5.41, 5.74) is 9.02. The molecule has 0 bridgehead atoms. The molecule has 0 fully saturated rings. The van der Waals surface area contributed by atoms with Crippen LogP contribution in [0.2, 0.25) is 0 Å². The van der Waals surface area contributed by atoms with E-state index in [2.05, 4.69) is 72.3 Å². The number of aromatic nitrogens is 1. The zero-order chi connectivity index (χ0) is 26.1. The van der Waals surface area contributed by atoms with Gasteiger partial charge in [0, 0.05) is 28.7 Å². The molecule has 0 spiro atoms. The molecule has 0 radical (unpaired) electrons. The van der Waals surface area contributed by atoms with Gasteiger partial charge in [-0.15, -0.1) is 0 Å². The first-order valence-corrected chi connectivity index (χ1v) is 12.6. The summed E-state index contributed by atoms with van der Waals surface area (Å²) in [5.74, 6) is -0.432. The predicted molar refractivity (Wildman–Crippen MR) is 149 cm³/mol. The maximum Gasteiger partial charge on any atom is 0.251 e. The van der Waals surface area contributed by atoms with Crippen LogP contribution >= 0.6 is 0 Å². The second kappa shape index (κ2) is 10.1. The molecule has 1 heterocycles. The van der Waals surface area contributed by atoms with Crippen LogP contribution in [0.5, 0.6) is 0 Å². The van der Waals surface area contributed by atoms with E-state index in [1.54, 1.807) is 13.0 Å². The Hall–Kier alpha value is -4.18. The van der Waals surface area contributed by atoms with Crippen LogP contribution in [0, 0.1) is 26.6 Å². The lowest BCUT2D eigenvalue weighted by Gasteiger charge is -2.15. The van der Waals surface area contributed by atoms with Crippen molar-refractivity contribution in [3.8, 4) is 11.1 Å². The third-order valence-electron chi connectivity index (χ3n) is 7.35. The van der Waals surface area contributed by atoms with Crippen LogP contribution in [0.15, 0.2) is 91.0 Å². The molecule has 3 nitrogen and oxygen atoms in total. The molecule has 0 unspecified atom stereocenters. The van der Waals surface area contributed by atoms with Crippen molar-refractivity contribution in [2.24, 2.45) is 0 Å². The fourth-order valence-corrected chi connectivity index (χ4v) is 4.85. The maximum absolute atomic E-state index is 14.0. The summed E-state index contributed by atoms with van der Waals surface area (Å²) in [4.78, 5) is 13.1. The van der Waals surface area contributed by atoms with Gasteiger partial charge in [0.2, 0.25) is 0 Å². The van der Waals surface area contributed by atoms with Crippen molar-refractivity contribution < 1.29 is 9.18 Å². The third-order valence-corrected chi connectivity index (χ3v) is 7.35. The lowest BCUT2D eigenvalue weighted by atomic mass is 10.0. The Morgan fingerprint density at radius 3 is 2.27 bits per heavy atom. The Balaban J connectivity index is 1.37. The van der Waals surface area contributed by atoms with Gasteiger partial charge in [0.1, 0.15) is 5.82 Å². The maximum atomic E-state index is 14.0. The Morgan fingerprint density at radius 1 is 0.865 bits per heavy atom. The number of fused-ring (bicyclic) bond motifs is 1. The van der Waals surface area contributed by atoms with Gasteiger partial charge in [-0.3, -0.25) is 4.79 Å². The number of rotatable bonds is 6. The van der Waals surface area contributed by atoms with E-state index in [0.29, 0.717) is 11.1 Å². The van der Waals surface area contributed by atoms with Crippen molar-refractivity contribution in [3.63, 3.8) is 0 Å². The topological polar surface area (TPSA) is 34.0 Å². The van der Waals surface area contributed by atoms with E-state index in [4.69, 9.17) is 0 Å². The van der Waals surface area contributed by atoms with E-state index >= 15 is 0 Å². The lowest BCUT2D eigenvalue weighted by Crippen LogP contribution is -2.26. The summed E-state index contributed by atoms with van der Waals surface area (Å²) in [7, 11) is 0. The van der Waals surface area contributed by atoms with E-state index < -0.39 is 0 Å². The molecule has 1 N–H and O–H groups in total. The molecule has 4 heteroatoms. The highest BCUT2D eigenvalue weighted by molar-refractivity contribution is 5.99. The first-order valence-electron chi connectivity index (χ1n) is 12.6. The molecule has 0 saturated carbocycles. The molecule has 0 aliphatic heterocycles. The Labute approximate surface area is 217 Å². The Bertz CT molecular complexity index is 1580. The van der Waals surface area contributed by atoms with E-state index in [-0.39, 0.29) is 17.8 Å². The minimum absolute atomic E-state index is 0.170. The van der Waals surface area contributed by atoms with Crippen molar-refractivity contribution >= 4 is 16.8 Å². The average molecular weight is 491 g/mol.